The molecule has 212 valence electrons. The lowest BCUT2D eigenvalue weighted by Gasteiger charge is -2.25. The summed E-state index contributed by atoms with van der Waals surface area (Å²) in [5.41, 5.74) is 1.28. The molecular weight excluding hydrogens is 536 g/mol. The van der Waals surface area contributed by atoms with E-state index in [1.807, 2.05) is 25.1 Å². The normalized spacial score (nSPS) is 19.8. The Morgan fingerprint density at radius 3 is 2.80 bits per heavy atom. The highest BCUT2D eigenvalue weighted by atomic mass is 32.1. The zero-order valence-electron chi connectivity index (χ0n) is 22.5. The van der Waals surface area contributed by atoms with E-state index in [1.54, 1.807) is 22.3 Å². The average molecular weight is 569 g/mol. The molecule has 5 rings (SSSR count). The molecule has 1 N–H and O–H groups in total. The van der Waals surface area contributed by atoms with E-state index >= 15 is 0 Å². The largest absolute Gasteiger partial charge is 0.493 e. The number of benzene rings is 1. The molecule has 3 aromatic rings. The van der Waals surface area contributed by atoms with Gasteiger partial charge in [-0.15, -0.1) is 16.4 Å². The van der Waals surface area contributed by atoms with Crippen LogP contribution in [0.15, 0.2) is 29.9 Å². The van der Waals surface area contributed by atoms with Crippen molar-refractivity contribution in [1.82, 2.24) is 40.3 Å². The molecule has 3 amide bonds. The lowest BCUT2D eigenvalue weighted by atomic mass is 9.88. The van der Waals surface area contributed by atoms with E-state index in [-0.39, 0.29) is 43.2 Å². The van der Waals surface area contributed by atoms with Gasteiger partial charge in [0.05, 0.1) is 31.1 Å². The molecule has 2 aliphatic heterocycles. The molecule has 2 bridgehead atoms. The first-order valence-electron chi connectivity index (χ1n) is 13.2. The summed E-state index contributed by atoms with van der Waals surface area (Å²) in [6, 6.07) is 5.60. The first-order chi connectivity index (χ1) is 19.4. The van der Waals surface area contributed by atoms with Crippen LogP contribution in [0.25, 0.3) is 0 Å². The molecule has 1 saturated heterocycles. The van der Waals surface area contributed by atoms with Gasteiger partial charge in [-0.1, -0.05) is 6.07 Å². The van der Waals surface area contributed by atoms with Gasteiger partial charge in [0.1, 0.15) is 18.6 Å². The number of carbonyl (C=O) groups excluding carboxylic acids is 3. The van der Waals surface area contributed by atoms with Gasteiger partial charge in [0.15, 0.2) is 11.5 Å². The van der Waals surface area contributed by atoms with Crippen LogP contribution in [-0.2, 0) is 16.1 Å². The highest BCUT2D eigenvalue weighted by molar-refractivity contribution is 7.09. The molecule has 0 saturated carbocycles. The second kappa shape index (κ2) is 12.4. The van der Waals surface area contributed by atoms with Crippen LogP contribution >= 0.6 is 11.3 Å². The summed E-state index contributed by atoms with van der Waals surface area (Å²) in [6.45, 7) is 4.41. The Balaban J connectivity index is 1.35. The number of tetrazole rings is 1. The fourth-order valence-corrected chi connectivity index (χ4v) is 5.71. The Morgan fingerprint density at radius 1 is 1.20 bits per heavy atom. The number of aromatic nitrogens is 5. The SMILES string of the molecule is COc1ccc2cc1OCCN(C(=O)CCn1cnnn1)CCCNC(=O)[C@H]1CN(C(=O)c3csc(C)n3)C[C@H]21. The third-order valence-corrected chi connectivity index (χ3v) is 7.99. The molecule has 0 spiro atoms. The van der Waals surface area contributed by atoms with E-state index in [4.69, 9.17) is 9.47 Å². The van der Waals surface area contributed by atoms with Crippen LogP contribution in [0.4, 0.5) is 0 Å². The Hall–Kier alpha value is -4.07. The molecule has 14 heteroatoms. The monoisotopic (exact) mass is 568 g/mol. The van der Waals surface area contributed by atoms with E-state index in [0.29, 0.717) is 56.3 Å². The minimum Gasteiger partial charge on any atom is -0.493 e. The second-order valence-electron chi connectivity index (χ2n) is 9.78. The van der Waals surface area contributed by atoms with Gasteiger partial charge in [0.25, 0.3) is 5.91 Å². The smallest absolute Gasteiger partial charge is 0.273 e. The molecular formula is C26H32N8O5S. The number of amides is 3. The summed E-state index contributed by atoms with van der Waals surface area (Å²) < 4.78 is 13.2. The molecule has 2 atom stereocenters. The van der Waals surface area contributed by atoms with Gasteiger partial charge >= 0.3 is 0 Å². The molecule has 2 aliphatic rings. The van der Waals surface area contributed by atoms with Crippen molar-refractivity contribution in [2.75, 3.05) is 46.4 Å². The van der Waals surface area contributed by atoms with Crippen LogP contribution in [0.5, 0.6) is 11.5 Å². The van der Waals surface area contributed by atoms with Gasteiger partial charge in [-0.05, 0) is 41.5 Å². The fraction of sp³-hybridized carbons (Fsp3) is 0.500. The molecule has 13 nitrogen and oxygen atoms in total. The van der Waals surface area contributed by atoms with Crippen LogP contribution in [-0.4, -0.2) is 99.2 Å². The van der Waals surface area contributed by atoms with E-state index < -0.39 is 5.92 Å². The standard InChI is InChI=1S/C26H32N8O5S/c1-17-29-21(15-40-17)26(37)33-13-19-18-4-5-22(38-2)23(12-18)39-11-10-32(8-3-7-27-25(36)20(19)14-33)24(35)6-9-34-16-28-30-31-34/h4-5,12,15-16,19-20H,3,6-11,13-14H2,1-2H3,(H,27,36)/t19-,20+/m1/s1. The fourth-order valence-electron chi connectivity index (χ4n) is 5.12. The number of nitrogens with zero attached hydrogens (tertiary/aromatic N) is 7. The number of carbonyl (C=O) groups is 3. The van der Waals surface area contributed by atoms with Crippen molar-refractivity contribution in [1.29, 1.82) is 0 Å². The summed E-state index contributed by atoms with van der Waals surface area (Å²) in [6.07, 6.45) is 2.29. The van der Waals surface area contributed by atoms with Gasteiger partial charge in [0.2, 0.25) is 11.8 Å². The Morgan fingerprint density at radius 2 is 2.05 bits per heavy atom. The number of ether oxygens (including phenoxy) is 2. The lowest BCUT2D eigenvalue weighted by Crippen LogP contribution is -2.39. The molecule has 1 fully saturated rings. The van der Waals surface area contributed by atoms with Crippen LogP contribution < -0.4 is 14.8 Å². The maximum absolute atomic E-state index is 13.4. The van der Waals surface area contributed by atoms with Crippen molar-refractivity contribution in [3.63, 3.8) is 0 Å². The number of methoxy groups -OCH3 is 1. The van der Waals surface area contributed by atoms with E-state index in [0.717, 1.165) is 10.6 Å². The lowest BCUT2D eigenvalue weighted by molar-refractivity contribution is -0.132. The highest BCUT2D eigenvalue weighted by Gasteiger charge is 2.41. The van der Waals surface area contributed by atoms with Crippen LogP contribution in [0.2, 0.25) is 0 Å². The van der Waals surface area contributed by atoms with E-state index in [9.17, 15) is 14.4 Å². The van der Waals surface area contributed by atoms with Gasteiger partial charge in [-0.25, -0.2) is 9.67 Å². The number of likely N-dealkylation sites (tertiary alicyclic amines) is 1. The van der Waals surface area contributed by atoms with Crippen LogP contribution in [0.1, 0.15) is 39.8 Å². The van der Waals surface area contributed by atoms with Crippen molar-refractivity contribution < 1.29 is 23.9 Å². The summed E-state index contributed by atoms with van der Waals surface area (Å²) in [7, 11) is 1.57. The third-order valence-electron chi connectivity index (χ3n) is 7.22. The molecule has 2 aromatic heterocycles. The van der Waals surface area contributed by atoms with Gasteiger partial charge in [0, 0.05) is 43.9 Å². The number of rotatable bonds is 5. The van der Waals surface area contributed by atoms with Crippen LogP contribution in [0.3, 0.4) is 0 Å². The first-order valence-corrected chi connectivity index (χ1v) is 14.1. The van der Waals surface area contributed by atoms with E-state index in [2.05, 4.69) is 25.8 Å². The van der Waals surface area contributed by atoms with Gasteiger partial charge < -0.3 is 24.6 Å². The van der Waals surface area contributed by atoms with Gasteiger partial charge in [-0.2, -0.15) is 0 Å². The second-order valence-corrected chi connectivity index (χ2v) is 10.8. The predicted molar refractivity (Wildman–Crippen MR) is 144 cm³/mol. The summed E-state index contributed by atoms with van der Waals surface area (Å²) in [4.78, 5) is 47.4. The van der Waals surface area contributed by atoms with E-state index in [1.165, 1.54) is 22.3 Å². The number of nitrogens with one attached hydrogen (secondary N) is 1. The molecule has 1 aromatic carbocycles. The Kier molecular flexibility index (Phi) is 8.53. The first kappa shape index (κ1) is 27.5. The topological polar surface area (TPSA) is 145 Å². The number of aryl methyl sites for hydroxylation is 2. The zero-order chi connectivity index (χ0) is 28.1. The molecule has 40 heavy (non-hydrogen) atoms. The molecule has 0 unspecified atom stereocenters. The van der Waals surface area contributed by atoms with Crippen molar-refractivity contribution in [3.8, 4) is 11.5 Å². The molecule has 4 heterocycles. The number of hydrogen-bond donors (Lipinski definition) is 1. The zero-order valence-corrected chi connectivity index (χ0v) is 23.3. The summed E-state index contributed by atoms with van der Waals surface area (Å²) in [5.74, 6) is 0.0613. The Bertz CT molecular complexity index is 1350. The summed E-state index contributed by atoms with van der Waals surface area (Å²) >= 11 is 1.43. The number of hydrogen-bond acceptors (Lipinski definition) is 10. The Labute approximate surface area is 235 Å². The predicted octanol–water partition coefficient (Wildman–Crippen LogP) is 1.12. The maximum atomic E-state index is 13.4. The number of thiazole rings is 1. The van der Waals surface area contributed by atoms with Crippen molar-refractivity contribution in [2.24, 2.45) is 5.92 Å². The number of fused-ring (bicyclic) bond motifs is 4. The average Bonchev–Trinajstić information content (AvgIpc) is 3.73. The minimum atomic E-state index is -0.443. The van der Waals surface area contributed by atoms with Gasteiger partial charge in [-0.3, -0.25) is 14.4 Å². The summed E-state index contributed by atoms with van der Waals surface area (Å²) in [5, 5.41) is 16.6. The van der Waals surface area contributed by atoms with Crippen molar-refractivity contribution in [3.05, 3.63) is 46.2 Å². The molecule has 0 aliphatic carbocycles. The molecule has 0 radical (unpaired) electrons. The minimum absolute atomic E-state index is 0.0551. The highest BCUT2D eigenvalue weighted by Crippen LogP contribution is 2.38. The van der Waals surface area contributed by atoms with Crippen molar-refractivity contribution >= 4 is 29.1 Å². The maximum Gasteiger partial charge on any atom is 0.273 e. The van der Waals surface area contributed by atoms with Crippen LogP contribution in [0, 0.1) is 12.8 Å². The third kappa shape index (κ3) is 6.22. The quantitative estimate of drug-likeness (QED) is 0.479. The van der Waals surface area contributed by atoms with Crippen molar-refractivity contribution in [2.45, 2.75) is 32.2 Å².